The lowest BCUT2D eigenvalue weighted by molar-refractivity contribution is 0.0525. The summed E-state index contributed by atoms with van der Waals surface area (Å²) < 4.78 is 9.08. The van der Waals surface area contributed by atoms with Crippen LogP contribution in [0.5, 0.6) is 0 Å². The second-order valence-corrected chi connectivity index (χ2v) is 9.35. The molecular formula is C27H28N10O2. The van der Waals surface area contributed by atoms with E-state index < -0.39 is 5.91 Å². The number of hydrogen-bond donors (Lipinski definition) is 4. The van der Waals surface area contributed by atoms with E-state index in [2.05, 4.69) is 15.1 Å². The van der Waals surface area contributed by atoms with Gasteiger partial charge in [0.2, 0.25) is 0 Å². The largest absolute Gasteiger partial charge is 0.403 e. The minimum atomic E-state index is -0.519. The average molecular weight is 525 g/mol. The SMILES string of the molecule is N/C=C(/c1cc(-c2ccc3ncn(-c4ccccc4C(N)=O)c3c2)n2ncnc(N)c12)N(N)C1CCOCC1. The summed E-state index contributed by atoms with van der Waals surface area (Å²) in [7, 11) is 0. The van der Waals surface area contributed by atoms with Crippen molar-refractivity contribution in [3.8, 4) is 16.9 Å². The van der Waals surface area contributed by atoms with Crippen molar-refractivity contribution in [3.05, 3.63) is 78.5 Å². The highest BCUT2D eigenvalue weighted by atomic mass is 16.5. The number of nitrogens with zero attached hydrogens (tertiary/aromatic N) is 6. The van der Waals surface area contributed by atoms with Gasteiger partial charge in [-0.25, -0.2) is 20.3 Å². The number of benzene rings is 2. The number of aromatic nitrogens is 5. The molecular weight excluding hydrogens is 496 g/mol. The van der Waals surface area contributed by atoms with Crippen LogP contribution in [0.1, 0.15) is 28.8 Å². The first-order valence-corrected chi connectivity index (χ1v) is 12.5. The normalized spacial score (nSPS) is 14.7. The maximum Gasteiger partial charge on any atom is 0.250 e. The van der Waals surface area contributed by atoms with E-state index in [9.17, 15) is 4.79 Å². The van der Waals surface area contributed by atoms with Crippen LogP contribution in [-0.2, 0) is 4.74 Å². The summed E-state index contributed by atoms with van der Waals surface area (Å²) in [5.74, 6) is 6.38. The maximum absolute atomic E-state index is 12.1. The van der Waals surface area contributed by atoms with E-state index in [4.69, 9.17) is 27.8 Å². The van der Waals surface area contributed by atoms with Crippen LogP contribution in [0, 0.1) is 0 Å². The third kappa shape index (κ3) is 4.11. The average Bonchev–Trinajstić information content (AvgIpc) is 3.56. The van der Waals surface area contributed by atoms with Crippen molar-refractivity contribution in [1.29, 1.82) is 0 Å². The molecule has 0 spiro atoms. The number of imidazole rings is 1. The van der Waals surface area contributed by atoms with Gasteiger partial charge >= 0.3 is 0 Å². The Morgan fingerprint density at radius 3 is 2.64 bits per heavy atom. The third-order valence-electron chi connectivity index (χ3n) is 7.15. The first kappa shape index (κ1) is 24.4. The molecule has 1 fully saturated rings. The smallest absolute Gasteiger partial charge is 0.250 e. The van der Waals surface area contributed by atoms with Crippen LogP contribution in [0.4, 0.5) is 5.82 Å². The minimum Gasteiger partial charge on any atom is -0.403 e. The monoisotopic (exact) mass is 524 g/mol. The van der Waals surface area contributed by atoms with Gasteiger partial charge in [0.05, 0.1) is 33.7 Å². The number of nitrogens with two attached hydrogens (primary N) is 4. The quantitative estimate of drug-likeness (QED) is 0.191. The molecule has 8 N–H and O–H groups in total. The first-order chi connectivity index (χ1) is 19.0. The summed E-state index contributed by atoms with van der Waals surface area (Å²) in [6.07, 6.45) is 6.14. The van der Waals surface area contributed by atoms with E-state index in [-0.39, 0.29) is 6.04 Å². The Balaban J connectivity index is 1.51. The van der Waals surface area contributed by atoms with E-state index in [1.165, 1.54) is 12.5 Å². The summed E-state index contributed by atoms with van der Waals surface area (Å²) in [5.41, 5.74) is 24.2. The van der Waals surface area contributed by atoms with Gasteiger partial charge in [-0.15, -0.1) is 0 Å². The molecule has 0 atom stereocenters. The van der Waals surface area contributed by atoms with Gasteiger partial charge in [0.15, 0.2) is 5.82 Å². The fourth-order valence-electron chi connectivity index (χ4n) is 5.19. The summed E-state index contributed by atoms with van der Waals surface area (Å²) in [6.45, 7) is 1.27. The number of amides is 1. The molecule has 12 nitrogen and oxygen atoms in total. The minimum absolute atomic E-state index is 0.0637. The Bertz CT molecular complexity index is 1730. The topological polar surface area (TPSA) is 182 Å². The molecule has 0 unspecified atom stereocenters. The Hall–Kier alpha value is -4.94. The summed E-state index contributed by atoms with van der Waals surface area (Å²) in [5, 5.41) is 6.20. The number of ether oxygens (including phenoxy) is 1. The Morgan fingerprint density at radius 1 is 1.08 bits per heavy atom. The van der Waals surface area contributed by atoms with Gasteiger partial charge in [-0.1, -0.05) is 18.2 Å². The van der Waals surface area contributed by atoms with Crippen LogP contribution in [0.15, 0.2) is 67.4 Å². The van der Waals surface area contributed by atoms with Gasteiger partial charge < -0.3 is 26.9 Å². The molecule has 6 rings (SSSR count). The fourth-order valence-corrected chi connectivity index (χ4v) is 5.19. The van der Waals surface area contributed by atoms with Crippen LogP contribution >= 0.6 is 0 Å². The van der Waals surface area contributed by atoms with E-state index in [1.807, 2.05) is 41.0 Å². The number of carbonyl (C=O) groups excluding carboxylic acids is 1. The van der Waals surface area contributed by atoms with E-state index in [1.54, 1.807) is 28.0 Å². The number of hydrazine groups is 1. The van der Waals surface area contributed by atoms with Gasteiger partial charge in [0.25, 0.3) is 5.91 Å². The van der Waals surface area contributed by atoms with E-state index >= 15 is 0 Å². The summed E-state index contributed by atoms with van der Waals surface area (Å²) in [4.78, 5) is 20.9. The standard InChI is InChI=1S/C27H28N10O2/c28-13-24(36(31)17-7-9-39-10-8-17)19-12-22(37-25(19)26(29)32-14-34-37)16-5-6-20-23(11-16)35(15-33-20)21-4-2-1-3-18(21)27(30)38/h1-6,11-15,17H,7-10,28,31H2,(H2,30,38)(H2,29,32,34)/b24-13-. The number of hydrogen-bond acceptors (Lipinski definition) is 9. The van der Waals surface area contributed by atoms with Crippen molar-refractivity contribution in [2.45, 2.75) is 18.9 Å². The molecule has 12 heteroatoms. The zero-order valence-corrected chi connectivity index (χ0v) is 21.1. The van der Waals surface area contributed by atoms with Gasteiger partial charge in [-0.3, -0.25) is 9.36 Å². The predicted molar refractivity (Wildman–Crippen MR) is 148 cm³/mol. The number of carbonyl (C=O) groups is 1. The predicted octanol–water partition coefficient (Wildman–Crippen LogP) is 2.03. The number of anilines is 1. The van der Waals surface area contributed by atoms with Crippen LogP contribution in [0.2, 0.25) is 0 Å². The van der Waals surface area contributed by atoms with E-state index in [0.717, 1.165) is 35.1 Å². The number of fused-ring (bicyclic) bond motifs is 2. The third-order valence-corrected chi connectivity index (χ3v) is 7.15. The lowest BCUT2D eigenvalue weighted by Gasteiger charge is -2.33. The maximum atomic E-state index is 12.1. The van der Waals surface area contributed by atoms with Gasteiger partial charge in [-0.05, 0) is 43.2 Å². The van der Waals surface area contributed by atoms with Gasteiger partial charge in [0.1, 0.15) is 18.2 Å². The van der Waals surface area contributed by atoms with E-state index in [0.29, 0.717) is 47.1 Å². The molecule has 5 aromatic rings. The van der Waals surface area contributed by atoms with Crippen LogP contribution in [-0.4, -0.2) is 54.3 Å². The molecule has 3 aromatic heterocycles. The lowest BCUT2D eigenvalue weighted by Crippen LogP contribution is -2.43. The Morgan fingerprint density at radius 2 is 1.87 bits per heavy atom. The zero-order chi connectivity index (χ0) is 27.1. The summed E-state index contributed by atoms with van der Waals surface area (Å²) >= 11 is 0. The van der Waals surface area contributed by atoms with Crippen molar-refractivity contribution >= 4 is 34.0 Å². The molecule has 2 aromatic carbocycles. The fraction of sp³-hybridized carbons (Fsp3) is 0.185. The second kappa shape index (κ2) is 9.74. The van der Waals surface area contributed by atoms with Crippen molar-refractivity contribution in [2.75, 3.05) is 18.9 Å². The molecule has 198 valence electrons. The molecule has 0 aliphatic carbocycles. The van der Waals surface area contributed by atoms with Gasteiger partial charge in [-0.2, -0.15) is 5.10 Å². The van der Waals surface area contributed by atoms with Gasteiger partial charge in [0, 0.05) is 36.6 Å². The number of para-hydroxylation sites is 1. The summed E-state index contributed by atoms with van der Waals surface area (Å²) in [6, 6.07) is 15.0. The van der Waals surface area contributed by atoms with Crippen molar-refractivity contribution in [1.82, 2.24) is 29.2 Å². The lowest BCUT2D eigenvalue weighted by atomic mass is 10.1. The highest BCUT2D eigenvalue weighted by molar-refractivity contribution is 5.97. The number of primary amides is 1. The van der Waals surface area contributed by atoms with Crippen molar-refractivity contribution < 1.29 is 9.53 Å². The Kier molecular flexibility index (Phi) is 6.09. The zero-order valence-electron chi connectivity index (χ0n) is 21.1. The van der Waals surface area contributed by atoms with Crippen LogP contribution < -0.4 is 23.0 Å². The molecule has 4 heterocycles. The molecule has 1 amide bonds. The molecule has 0 bridgehead atoms. The number of nitrogen functional groups attached to an aromatic ring is 1. The van der Waals surface area contributed by atoms with Crippen LogP contribution in [0.25, 0.3) is 39.2 Å². The second-order valence-electron chi connectivity index (χ2n) is 9.35. The molecule has 1 aliphatic rings. The first-order valence-electron chi connectivity index (χ1n) is 12.5. The molecule has 0 radical (unpaired) electrons. The highest BCUT2D eigenvalue weighted by Gasteiger charge is 2.26. The molecule has 39 heavy (non-hydrogen) atoms. The molecule has 0 saturated carbocycles. The number of rotatable bonds is 6. The van der Waals surface area contributed by atoms with Crippen molar-refractivity contribution in [2.24, 2.45) is 17.3 Å². The molecule has 1 aliphatic heterocycles. The van der Waals surface area contributed by atoms with Crippen molar-refractivity contribution in [3.63, 3.8) is 0 Å². The highest BCUT2D eigenvalue weighted by Crippen LogP contribution is 2.35. The Labute approximate surface area is 223 Å². The van der Waals surface area contributed by atoms with Crippen LogP contribution in [0.3, 0.4) is 0 Å². The molecule has 1 saturated heterocycles.